The molecular formula is C15H23NO3. The van der Waals surface area contributed by atoms with Crippen LogP contribution in [0.15, 0.2) is 30.3 Å². The van der Waals surface area contributed by atoms with Gasteiger partial charge in [0, 0.05) is 20.2 Å². The van der Waals surface area contributed by atoms with Crippen LogP contribution in [0.5, 0.6) is 0 Å². The van der Waals surface area contributed by atoms with Crippen molar-refractivity contribution < 1.29 is 14.6 Å². The Morgan fingerprint density at radius 2 is 1.95 bits per heavy atom. The van der Waals surface area contributed by atoms with E-state index in [2.05, 4.69) is 0 Å². The summed E-state index contributed by atoms with van der Waals surface area (Å²) in [5, 5.41) is 8.66. The first kappa shape index (κ1) is 15.7. The first-order valence-corrected chi connectivity index (χ1v) is 6.70. The molecule has 19 heavy (non-hydrogen) atoms. The van der Waals surface area contributed by atoms with Crippen LogP contribution in [0.1, 0.15) is 24.8 Å². The van der Waals surface area contributed by atoms with E-state index in [-0.39, 0.29) is 19.1 Å². The number of aliphatic hydroxyl groups is 1. The molecule has 0 aliphatic rings. The Labute approximate surface area is 115 Å². The predicted octanol–water partition coefficient (Wildman–Crippen LogP) is 1.82. The molecule has 1 rings (SSSR count). The average Bonchev–Trinajstić information content (AvgIpc) is 2.44. The van der Waals surface area contributed by atoms with Gasteiger partial charge in [0.2, 0.25) is 5.91 Å². The summed E-state index contributed by atoms with van der Waals surface area (Å²) < 4.78 is 5.40. The summed E-state index contributed by atoms with van der Waals surface area (Å²) in [6, 6.07) is 9.81. The zero-order chi connectivity index (χ0) is 13.9. The van der Waals surface area contributed by atoms with E-state index in [0.717, 1.165) is 24.8 Å². The van der Waals surface area contributed by atoms with Gasteiger partial charge in [-0.25, -0.2) is 0 Å². The molecule has 0 spiro atoms. The summed E-state index contributed by atoms with van der Waals surface area (Å²) in [5.41, 5.74) is 1.07. The lowest BCUT2D eigenvalue weighted by Gasteiger charge is -2.17. The number of rotatable bonds is 9. The number of amides is 1. The van der Waals surface area contributed by atoms with Crippen LogP contribution in [-0.2, 0) is 16.1 Å². The fraction of sp³-hybridized carbons (Fsp3) is 0.533. The highest BCUT2D eigenvalue weighted by molar-refractivity contribution is 5.77. The molecule has 1 aromatic carbocycles. The zero-order valence-electron chi connectivity index (χ0n) is 11.5. The van der Waals surface area contributed by atoms with Crippen LogP contribution in [0.4, 0.5) is 0 Å². The highest BCUT2D eigenvalue weighted by Crippen LogP contribution is 2.01. The van der Waals surface area contributed by atoms with E-state index in [1.54, 1.807) is 11.9 Å². The Balaban J connectivity index is 2.13. The molecule has 0 aliphatic carbocycles. The fourth-order valence-corrected chi connectivity index (χ4v) is 1.70. The van der Waals surface area contributed by atoms with E-state index in [1.807, 2.05) is 30.3 Å². The lowest BCUT2D eigenvalue weighted by Crippen LogP contribution is -2.31. The molecule has 0 aromatic heterocycles. The lowest BCUT2D eigenvalue weighted by molar-refractivity contribution is -0.135. The summed E-state index contributed by atoms with van der Waals surface area (Å²) in [7, 11) is 1.78. The molecule has 0 saturated heterocycles. The highest BCUT2D eigenvalue weighted by atomic mass is 16.5. The molecule has 0 heterocycles. The van der Waals surface area contributed by atoms with Crippen molar-refractivity contribution in [3.63, 3.8) is 0 Å². The Bertz CT molecular complexity index is 354. The molecule has 1 aromatic rings. The van der Waals surface area contributed by atoms with Crippen molar-refractivity contribution in [2.24, 2.45) is 0 Å². The molecule has 0 saturated carbocycles. The summed E-state index contributed by atoms with van der Waals surface area (Å²) in [6.45, 7) is 1.52. The van der Waals surface area contributed by atoms with Crippen molar-refractivity contribution in [3.05, 3.63) is 35.9 Å². The SMILES string of the molecule is CN(CCCCCO)C(=O)COCc1ccccc1. The zero-order valence-corrected chi connectivity index (χ0v) is 11.5. The second-order valence-corrected chi connectivity index (χ2v) is 4.58. The third-order valence-electron chi connectivity index (χ3n) is 2.91. The maximum absolute atomic E-state index is 11.7. The Kier molecular flexibility index (Phi) is 7.86. The number of nitrogens with zero attached hydrogens (tertiary/aromatic N) is 1. The largest absolute Gasteiger partial charge is 0.396 e. The van der Waals surface area contributed by atoms with E-state index in [9.17, 15) is 4.79 Å². The van der Waals surface area contributed by atoms with E-state index in [4.69, 9.17) is 9.84 Å². The summed E-state index contributed by atoms with van der Waals surface area (Å²) in [6.07, 6.45) is 2.66. The van der Waals surface area contributed by atoms with Crippen LogP contribution < -0.4 is 0 Å². The van der Waals surface area contributed by atoms with Crippen molar-refractivity contribution >= 4 is 5.91 Å². The Hall–Kier alpha value is -1.39. The van der Waals surface area contributed by atoms with Gasteiger partial charge in [0.25, 0.3) is 0 Å². The second kappa shape index (κ2) is 9.53. The second-order valence-electron chi connectivity index (χ2n) is 4.58. The van der Waals surface area contributed by atoms with Crippen molar-refractivity contribution in [3.8, 4) is 0 Å². The minimum Gasteiger partial charge on any atom is -0.396 e. The smallest absolute Gasteiger partial charge is 0.248 e. The lowest BCUT2D eigenvalue weighted by atomic mass is 10.2. The van der Waals surface area contributed by atoms with Gasteiger partial charge in [-0.15, -0.1) is 0 Å². The van der Waals surface area contributed by atoms with Gasteiger partial charge in [-0.1, -0.05) is 30.3 Å². The number of carbonyl (C=O) groups is 1. The first-order valence-electron chi connectivity index (χ1n) is 6.70. The molecule has 0 fully saturated rings. The fourth-order valence-electron chi connectivity index (χ4n) is 1.70. The van der Waals surface area contributed by atoms with Crippen LogP contribution in [0.25, 0.3) is 0 Å². The normalized spacial score (nSPS) is 10.4. The van der Waals surface area contributed by atoms with Gasteiger partial charge in [-0.3, -0.25) is 4.79 Å². The third kappa shape index (κ3) is 6.94. The van der Waals surface area contributed by atoms with Crippen LogP contribution in [0.3, 0.4) is 0 Å². The number of unbranched alkanes of at least 4 members (excludes halogenated alkanes) is 2. The molecule has 106 valence electrons. The maximum atomic E-state index is 11.7. The van der Waals surface area contributed by atoms with E-state index >= 15 is 0 Å². The summed E-state index contributed by atoms with van der Waals surface area (Å²) in [4.78, 5) is 13.4. The molecule has 1 amide bonds. The summed E-state index contributed by atoms with van der Waals surface area (Å²) in [5.74, 6) is -0.0000652. The number of ether oxygens (including phenoxy) is 1. The number of carbonyl (C=O) groups excluding carboxylic acids is 1. The average molecular weight is 265 g/mol. The van der Waals surface area contributed by atoms with E-state index in [0.29, 0.717) is 13.2 Å². The third-order valence-corrected chi connectivity index (χ3v) is 2.91. The van der Waals surface area contributed by atoms with Gasteiger partial charge in [-0.05, 0) is 24.8 Å². The topological polar surface area (TPSA) is 49.8 Å². The summed E-state index contributed by atoms with van der Waals surface area (Å²) >= 11 is 0. The van der Waals surface area contributed by atoms with Crippen molar-refractivity contribution in [1.82, 2.24) is 4.90 Å². The standard InChI is InChI=1S/C15H23NO3/c1-16(10-6-3-7-11-17)15(18)13-19-12-14-8-4-2-5-9-14/h2,4-5,8-9,17H,3,6-7,10-13H2,1H3. The molecule has 4 nitrogen and oxygen atoms in total. The number of benzene rings is 1. The van der Waals surface area contributed by atoms with Crippen LogP contribution >= 0.6 is 0 Å². The molecule has 0 atom stereocenters. The molecule has 0 unspecified atom stereocenters. The van der Waals surface area contributed by atoms with E-state index in [1.165, 1.54) is 0 Å². The van der Waals surface area contributed by atoms with Gasteiger partial charge in [0.15, 0.2) is 0 Å². The van der Waals surface area contributed by atoms with Crippen molar-refractivity contribution in [2.75, 3.05) is 26.8 Å². The molecule has 0 aliphatic heterocycles. The van der Waals surface area contributed by atoms with Crippen molar-refractivity contribution in [2.45, 2.75) is 25.9 Å². The quantitative estimate of drug-likeness (QED) is 0.693. The van der Waals surface area contributed by atoms with E-state index < -0.39 is 0 Å². The van der Waals surface area contributed by atoms with Crippen molar-refractivity contribution in [1.29, 1.82) is 0 Å². The first-order chi connectivity index (χ1) is 9.24. The number of hydrogen-bond donors (Lipinski definition) is 1. The molecule has 4 heteroatoms. The van der Waals surface area contributed by atoms with Gasteiger partial charge >= 0.3 is 0 Å². The van der Waals surface area contributed by atoms with Crippen LogP contribution in [0.2, 0.25) is 0 Å². The van der Waals surface area contributed by atoms with Crippen LogP contribution in [-0.4, -0.2) is 42.7 Å². The predicted molar refractivity (Wildman–Crippen MR) is 74.7 cm³/mol. The highest BCUT2D eigenvalue weighted by Gasteiger charge is 2.08. The van der Waals surface area contributed by atoms with Gasteiger partial charge in [0.05, 0.1) is 6.61 Å². The Morgan fingerprint density at radius 3 is 2.63 bits per heavy atom. The van der Waals surface area contributed by atoms with Gasteiger partial charge in [-0.2, -0.15) is 0 Å². The van der Waals surface area contributed by atoms with Gasteiger partial charge < -0.3 is 14.7 Å². The number of aliphatic hydroxyl groups excluding tert-OH is 1. The minimum atomic E-state index is -0.0000652. The van der Waals surface area contributed by atoms with Crippen LogP contribution in [0, 0.1) is 0 Å². The minimum absolute atomic E-state index is 0.0000652. The number of hydrogen-bond acceptors (Lipinski definition) is 3. The monoisotopic (exact) mass is 265 g/mol. The molecular weight excluding hydrogens is 242 g/mol. The number of likely N-dealkylation sites (N-methyl/N-ethyl adjacent to an activating group) is 1. The molecule has 0 bridgehead atoms. The maximum Gasteiger partial charge on any atom is 0.248 e. The molecule has 1 N–H and O–H groups in total. The molecule has 0 radical (unpaired) electrons. The van der Waals surface area contributed by atoms with Gasteiger partial charge in [0.1, 0.15) is 6.61 Å². The Morgan fingerprint density at radius 1 is 1.21 bits per heavy atom.